The fourth-order valence-electron chi connectivity index (χ4n) is 3.01. The van der Waals surface area contributed by atoms with E-state index in [9.17, 15) is 9.59 Å². The lowest BCUT2D eigenvalue weighted by molar-refractivity contribution is -0.126. The van der Waals surface area contributed by atoms with Crippen LogP contribution in [0.2, 0.25) is 5.02 Å². The molecule has 0 aromatic heterocycles. The van der Waals surface area contributed by atoms with Gasteiger partial charge >= 0.3 is 0 Å². The van der Waals surface area contributed by atoms with E-state index in [-0.39, 0.29) is 30.8 Å². The molecule has 0 unspecified atom stereocenters. The Morgan fingerprint density at radius 1 is 0.963 bits per heavy atom. The Morgan fingerprint density at radius 2 is 1.70 bits per heavy atom. The first kappa shape index (κ1) is 18.9. The van der Waals surface area contributed by atoms with Crippen LogP contribution in [0.5, 0.6) is 0 Å². The molecule has 1 atom stereocenters. The van der Waals surface area contributed by atoms with Gasteiger partial charge in [0, 0.05) is 5.02 Å². The SMILES string of the molecule is C[C@@H](NC(=O)CNC(=O)Cc1cccc2ccccc12)c1cccc(Cl)c1. The Labute approximate surface area is 163 Å². The summed E-state index contributed by atoms with van der Waals surface area (Å²) in [5.74, 6) is -0.425. The zero-order valence-corrected chi connectivity index (χ0v) is 15.8. The van der Waals surface area contributed by atoms with Crippen LogP contribution < -0.4 is 10.6 Å². The van der Waals surface area contributed by atoms with E-state index in [1.54, 1.807) is 6.07 Å². The minimum Gasteiger partial charge on any atom is -0.348 e. The van der Waals surface area contributed by atoms with Gasteiger partial charge in [-0.3, -0.25) is 9.59 Å². The third-order valence-corrected chi connectivity index (χ3v) is 4.64. The average Bonchev–Trinajstić information content (AvgIpc) is 2.67. The van der Waals surface area contributed by atoms with Gasteiger partial charge in [-0.1, -0.05) is 66.2 Å². The van der Waals surface area contributed by atoms with Crippen molar-refractivity contribution >= 4 is 34.2 Å². The molecule has 4 nitrogen and oxygen atoms in total. The zero-order chi connectivity index (χ0) is 19.2. The van der Waals surface area contributed by atoms with Crippen molar-refractivity contribution in [3.63, 3.8) is 0 Å². The molecule has 138 valence electrons. The molecule has 3 aromatic rings. The fourth-order valence-corrected chi connectivity index (χ4v) is 3.21. The molecular formula is C22H21ClN2O2. The van der Waals surface area contributed by atoms with E-state index < -0.39 is 0 Å². The molecule has 0 aliphatic heterocycles. The highest BCUT2D eigenvalue weighted by Gasteiger charge is 2.12. The lowest BCUT2D eigenvalue weighted by atomic mass is 10.0. The zero-order valence-electron chi connectivity index (χ0n) is 15.0. The van der Waals surface area contributed by atoms with Crippen molar-refractivity contribution in [3.05, 3.63) is 82.9 Å². The largest absolute Gasteiger partial charge is 0.348 e. The number of hydrogen-bond donors (Lipinski definition) is 2. The fraction of sp³-hybridized carbons (Fsp3) is 0.182. The van der Waals surface area contributed by atoms with Gasteiger partial charge in [-0.25, -0.2) is 0 Å². The summed E-state index contributed by atoms with van der Waals surface area (Å²) in [5.41, 5.74) is 1.86. The molecule has 2 amide bonds. The first-order chi connectivity index (χ1) is 13.0. The van der Waals surface area contributed by atoms with Gasteiger partial charge in [0.2, 0.25) is 11.8 Å². The van der Waals surface area contributed by atoms with E-state index in [1.165, 1.54) is 0 Å². The Kier molecular flexibility index (Phi) is 6.09. The van der Waals surface area contributed by atoms with Crippen molar-refractivity contribution in [3.8, 4) is 0 Å². The Bertz CT molecular complexity index is 966. The van der Waals surface area contributed by atoms with Crippen LogP contribution in [0.25, 0.3) is 10.8 Å². The van der Waals surface area contributed by atoms with Crippen LogP contribution in [0, 0.1) is 0 Å². The van der Waals surface area contributed by atoms with Gasteiger partial charge in [-0.05, 0) is 41.0 Å². The van der Waals surface area contributed by atoms with E-state index in [0.29, 0.717) is 5.02 Å². The molecule has 3 aromatic carbocycles. The van der Waals surface area contributed by atoms with Crippen LogP contribution in [0.15, 0.2) is 66.7 Å². The number of rotatable bonds is 6. The van der Waals surface area contributed by atoms with Gasteiger partial charge in [-0.2, -0.15) is 0 Å². The number of nitrogens with one attached hydrogen (secondary N) is 2. The van der Waals surface area contributed by atoms with Gasteiger partial charge < -0.3 is 10.6 Å². The molecule has 0 spiro atoms. The number of fused-ring (bicyclic) bond motifs is 1. The van der Waals surface area contributed by atoms with Crippen molar-refractivity contribution in [1.29, 1.82) is 0 Å². The predicted octanol–water partition coefficient (Wildman–Crippen LogP) is 4.03. The van der Waals surface area contributed by atoms with Crippen LogP contribution >= 0.6 is 11.6 Å². The van der Waals surface area contributed by atoms with Gasteiger partial charge in [-0.15, -0.1) is 0 Å². The van der Waals surface area contributed by atoms with E-state index >= 15 is 0 Å². The first-order valence-corrected chi connectivity index (χ1v) is 9.19. The molecule has 2 N–H and O–H groups in total. The normalized spacial score (nSPS) is 11.8. The van der Waals surface area contributed by atoms with Crippen molar-refractivity contribution in [2.24, 2.45) is 0 Å². The highest BCUT2D eigenvalue weighted by atomic mass is 35.5. The molecule has 0 saturated carbocycles. The second-order valence-corrected chi connectivity index (χ2v) is 6.87. The van der Waals surface area contributed by atoms with E-state index in [1.807, 2.05) is 67.6 Å². The first-order valence-electron chi connectivity index (χ1n) is 8.81. The number of benzene rings is 3. The number of hydrogen-bond acceptors (Lipinski definition) is 2. The second-order valence-electron chi connectivity index (χ2n) is 6.44. The van der Waals surface area contributed by atoms with Gasteiger partial charge in [0.25, 0.3) is 0 Å². The van der Waals surface area contributed by atoms with Crippen LogP contribution in [-0.2, 0) is 16.0 Å². The third-order valence-electron chi connectivity index (χ3n) is 4.40. The maximum absolute atomic E-state index is 12.3. The summed E-state index contributed by atoms with van der Waals surface area (Å²) in [5, 5.41) is 8.31. The summed E-state index contributed by atoms with van der Waals surface area (Å²) in [6, 6.07) is 21.0. The molecule has 3 rings (SSSR count). The predicted molar refractivity (Wildman–Crippen MR) is 109 cm³/mol. The summed E-state index contributed by atoms with van der Waals surface area (Å²) in [6.45, 7) is 1.82. The van der Waals surface area contributed by atoms with Crippen LogP contribution in [0.4, 0.5) is 0 Å². The maximum Gasteiger partial charge on any atom is 0.239 e. The lowest BCUT2D eigenvalue weighted by Gasteiger charge is -2.15. The van der Waals surface area contributed by atoms with Crippen LogP contribution in [0.3, 0.4) is 0 Å². The van der Waals surface area contributed by atoms with Crippen LogP contribution in [-0.4, -0.2) is 18.4 Å². The summed E-state index contributed by atoms with van der Waals surface area (Å²) >= 11 is 5.98. The highest BCUT2D eigenvalue weighted by Crippen LogP contribution is 2.19. The maximum atomic E-state index is 12.3. The minimum atomic E-state index is -0.242. The number of halogens is 1. The topological polar surface area (TPSA) is 58.2 Å². The second kappa shape index (κ2) is 8.69. The smallest absolute Gasteiger partial charge is 0.239 e. The minimum absolute atomic E-state index is 0.0610. The lowest BCUT2D eigenvalue weighted by Crippen LogP contribution is -2.38. The summed E-state index contributed by atoms with van der Waals surface area (Å²) in [4.78, 5) is 24.4. The molecule has 0 heterocycles. The molecule has 0 aliphatic rings. The van der Waals surface area contributed by atoms with E-state index in [4.69, 9.17) is 11.6 Å². The molecular weight excluding hydrogens is 360 g/mol. The van der Waals surface area contributed by atoms with Crippen molar-refractivity contribution < 1.29 is 9.59 Å². The van der Waals surface area contributed by atoms with Gasteiger partial charge in [0.1, 0.15) is 0 Å². The van der Waals surface area contributed by atoms with E-state index in [2.05, 4.69) is 10.6 Å². The molecule has 0 aliphatic carbocycles. The molecule has 5 heteroatoms. The van der Waals surface area contributed by atoms with Crippen molar-refractivity contribution in [2.75, 3.05) is 6.54 Å². The molecule has 27 heavy (non-hydrogen) atoms. The van der Waals surface area contributed by atoms with E-state index in [0.717, 1.165) is 21.9 Å². The number of carbonyl (C=O) groups is 2. The Morgan fingerprint density at radius 3 is 2.52 bits per heavy atom. The standard InChI is InChI=1S/C22H21ClN2O2/c1-15(17-8-5-10-19(23)12-17)25-22(27)14-24-21(26)13-18-9-4-7-16-6-2-3-11-20(16)18/h2-12,15H,13-14H2,1H3,(H,24,26)(H,25,27)/t15-/m1/s1. The number of carbonyl (C=O) groups excluding carboxylic acids is 2. The van der Waals surface area contributed by atoms with Gasteiger partial charge in [0.05, 0.1) is 19.0 Å². The molecule has 0 radical (unpaired) electrons. The molecule has 0 fully saturated rings. The Hall–Kier alpha value is -2.85. The molecule has 0 bridgehead atoms. The third kappa shape index (κ3) is 5.08. The monoisotopic (exact) mass is 380 g/mol. The average molecular weight is 381 g/mol. The summed E-state index contributed by atoms with van der Waals surface area (Å²) in [6.07, 6.45) is 0.235. The molecule has 0 saturated heterocycles. The quantitative estimate of drug-likeness (QED) is 0.678. The van der Waals surface area contributed by atoms with Crippen molar-refractivity contribution in [1.82, 2.24) is 10.6 Å². The highest BCUT2D eigenvalue weighted by molar-refractivity contribution is 6.30. The van der Waals surface area contributed by atoms with Crippen LogP contribution in [0.1, 0.15) is 24.1 Å². The summed E-state index contributed by atoms with van der Waals surface area (Å²) in [7, 11) is 0. The van der Waals surface area contributed by atoms with Gasteiger partial charge in [0.15, 0.2) is 0 Å². The Balaban J connectivity index is 1.53. The van der Waals surface area contributed by atoms with Crippen molar-refractivity contribution in [2.45, 2.75) is 19.4 Å². The summed E-state index contributed by atoms with van der Waals surface area (Å²) < 4.78 is 0. The number of amides is 2.